The van der Waals surface area contributed by atoms with Gasteiger partial charge in [0.05, 0.1) is 0 Å². The Morgan fingerprint density at radius 1 is 1.29 bits per heavy atom. The van der Waals surface area contributed by atoms with E-state index in [0.717, 1.165) is 17.4 Å². The topological polar surface area (TPSA) is 0 Å². The molecule has 0 N–H and O–H groups in total. The number of thiophene rings is 1. The summed E-state index contributed by atoms with van der Waals surface area (Å²) in [4.78, 5) is 0. The Morgan fingerprint density at radius 2 is 2.00 bits per heavy atom. The monoisotopic (exact) mass is 236 g/mol. The highest BCUT2D eigenvalue weighted by Crippen LogP contribution is 2.36. The SMILES string of the molecule is Fc1cc(Cl)cc2scc(C(F)F)c12. The van der Waals surface area contributed by atoms with Crippen molar-refractivity contribution in [2.45, 2.75) is 6.43 Å². The molecule has 0 aliphatic carbocycles. The molecule has 5 heteroatoms. The normalized spacial score (nSPS) is 11.5. The highest BCUT2D eigenvalue weighted by atomic mass is 35.5. The number of hydrogen-bond donors (Lipinski definition) is 0. The average Bonchev–Trinajstić information content (AvgIpc) is 2.47. The standard InChI is InChI=1S/C9H4ClF3S/c10-4-1-6(11)8-5(9(12)13)3-14-7(8)2-4/h1-3,9H. The Hall–Kier alpha value is -0.740. The number of benzene rings is 1. The van der Waals surface area contributed by atoms with Gasteiger partial charge in [0.2, 0.25) is 0 Å². The van der Waals surface area contributed by atoms with E-state index in [1.807, 2.05) is 0 Å². The molecule has 1 aromatic heterocycles. The van der Waals surface area contributed by atoms with Crippen molar-refractivity contribution in [2.75, 3.05) is 0 Å². The van der Waals surface area contributed by atoms with Crippen molar-refractivity contribution in [2.24, 2.45) is 0 Å². The molecule has 0 unspecified atom stereocenters. The Bertz CT molecular complexity index is 478. The maximum Gasteiger partial charge on any atom is 0.265 e. The molecule has 74 valence electrons. The molecule has 0 nitrogen and oxygen atoms in total. The Morgan fingerprint density at radius 3 is 2.64 bits per heavy atom. The predicted molar refractivity (Wildman–Crippen MR) is 51.8 cm³/mol. The number of fused-ring (bicyclic) bond motifs is 1. The van der Waals surface area contributed by atoms with Crippen LogP contribution in [-0.2, 0) is 0 Å². The van der Waals surface area contributed by atoms with Gasteiger partial charge in [-0.1, -0.05) is 11.6 Å². The van der Waals surface area contributed by atoms with E-state index in [2.05, 4.69) is 0 Å². The molecule has 0 spiro atoms. The Labute approximate surface area is 86.9 Å². The van der Waals surface area contributed by atoms with Crippen LogP contribution in [-0.4, -0.2) is 0 Å². The molecule has 2 rings (SSSR count). The molecule has 0 radical (unpaired) electrons. The summed E-state index contributed by atoms with van der Waals surface area (Å²) in [6.07, 6.45) is -2.65. The number of rotatable bonds is 1. The first kappa shape index (κ1) is 9.80. The highest BCUT2D eigenvalue weighted by molar-refractivity contribution is 7.17. The third-order valence-electron chi connectivity index (χ3n) is 1.86. The second-order valence-electron chi connectivity index (χ2n) is 2.75. The zero-order valence-corrected chi connectivity index (χ0v) is 8.30. The molecular formula is C9H4ClF3S. The van der Waals surface area contributed by atoms with Gasteiger partial charge >= 0.3 is 0 Å². The molecule has 0 fully saturated rings. The van der Waals surface area contributed by atoms with Crippen LogP contribution < -0.4 is 0 Å². The quantitative estimate of drug-likeness (QED) is 0.677. The van der Waals surface area contributed by atoms with E-state index in [1.165, 1.54) is 11.4 Å². The maximum atomic E-state index is 13.3. The van der Waals surface area contributed by atoms with Crippen LogP contribution in [0.4, 0.5) is 13.2 Å². The minimum absolute atomic E-state index is 0.0191. The van der Waals surface area contributed by atoms with Crippen molar-refractivity contribution in [1.29, 1.82) is 0 Å². The molecule has 0 aliphatic rings. The van der Waals surface area contributed by atoms with E-state index < -0.39 is 12.2 Å². The zero-order valence-electron chi connectivity index (χ0n) is 6.73. The molecule has 14 heavy (non-hydrogen) atoms. The van der Waals surface area contributed by atoms with Gasteiger partial charge in [-0.3, -0.25) is 0 Å². The first-order valence-electron chi connectivity index (χ1n) is 3.74. The molecule has 0 saturated heterocycles. The van der Waals surface area contributed by atoms with Gasteiger partial charge in [-0.25, -0.2) is 13.2 Å². The molecular weight excluding hydrogens is 233 g/mol. The van der Waals surface area contributed by atoms with Crippen molar-refractivity contribution in [3.8, 4) is 0 Å². The largest absolute Gasteiger partial charge is 0.265 e. The summed E-state index contributed by atoms with van der Waals surface area (Å²) in [5, 5.41) is 1.46. The molecule has 2 aromatic rings. The Kier molecular flexibility index (Phi) is 2.41. The van der Waals surface area contributed by atoms with Crippen molar-refractivity contribution < 1.29 is 13.2 Å². The van der Waals surface area contributed by atoms with Crippen LogP contribution in [0.1, 0.15) is 12.0 Å². The zero-order chi connectivity index (χ0) is 10.3. The first-order valence-corrected chi connectivity index (χ1v) is 4.99. The summed E-state index contributed by atoms with van der Waals surface area (Å²) in [6, 6.07) is 2.53. The van der Waals surface area contributed by atoms with Gasteiger partial charge in [0, 0.05) is 26.1 Å². The van der Waals surface area contributed by atoms with E-state index in [1.54, 1.807) is 0 Å². The van der Waals surface area contributed by atoms with Gasteiger partial charge in [0.1, 0.15) is 5.82 Å². The van der Waals surface area contributed by atoms with Gasteiger partial charge in [-0.15, -0.1) is 11.3 Å². The minimum Gasteiger partial charge on any atom is -0.206 e. The average molecular weight is 237 g/mol. The molecule has 0 amide bonds. The van der Waals surface area contributed by atoms with Gasteiger partial charge in [-0.2, -0.15) is 0 Å². The van der Waals surface area contributed by atoms with E-state index in [9.17, 15) is 13.2 Å². The summed E-state index contributed by atoms with van der Waals surface area (Å²) in [5.74, 6) is -0.691. The first-order chi connectivity index (χ1) is 6.59. The third kappa shape index (κ3) is 1.48. The van der Waals surface area contributed by atoms with Gasteiger partial charge in [-0.05, 0) is 12.1 Å². The maximum absolute atomic E-state index is 13.3. The van der Waals surface area contributed by atoms with Crippen LogP contribution >= 0.6 is 22.9 Å². The lowest BCUT2D eigenvalue weighted by molar-refractivity contribution is 0.153. The fourth-order valence-electron chi connectivity index (χ4n) is 1.27. The van der Waals surface area contributed by atoms with Crippen molar-refractivity contribution in [3.63, 3.8) is 0 Å². The molecule has 1 aromatic carbocycles. The molecule has 0 aliphatic heterocycles. The van der Waals surface area contributed by atoms with Crippen molar-refractivity contribution >= 4 is 33.0 Å². The van der Waals surface area contributed by atoms with Crippen LogP contribution in [0.2, 0.25) is 5.02 Å². The van der Waals surface area contributed by atoms with Gasteiger partial charge < -0.3 is 0 Å². The lowest BCUT2D eigenvalue weighted by atomic mass is 10.2. The molecule has 0 bridgehead atoms. The number of hydrogen-bond acceptors (Lipinski definition) is 1. The smallest absolute Gasteiger partial charge is 0.206 e. The van der Waals surface area contributed by atoms with Crippen LogP contribution in [0.15, 0.2) is 17.5 Å². The van der Waals surface area contributed by atoms with Crippen molar-refractivity contribution in [1.82, 2.24) is 0 Å². The summed E-state index contributed by atoms with van der Waals surface area (Å²) in [7, 11) is 0. The van der Waals surface area contributed by atoms with Gasteiger partial charge in [0.25, 0.3) is 6.43 Å². The fourth-order valence-corrected chi connectivity index (χ4v) is 2.54. The van der Waals surface area contributed by atoms with Crippen LogP contribution in [0.5, 0.6) is 0 Å². The molecule has 1 heterocycles. The lowest BCUT2D eigenvalue weighted by Crippen LogP contribution is -1.84. The van der Waals surface area contributed by atoms with Crippen LogP contribution in [0, 0.1) is 5.82 Å². The molecule has 0 atom stereocenters. The summed E-state index contributed by atoms with van der Waals surface area (Å²) in [6.45, 7) is 0. The highest BCUT2D eigenvalue weighted by Gasteiger charge is 2.17. The van der Waals surface area contributed by atoms with Crippen molar-refractivity contribution in [3.05, 3.63) is 33.9 Å². The molecule has 0 saturated carbocycles. The Balaban J connectivity index is 2.79. The minimum atomic E-state index is -2.65. The second-order valence-corrected chi connectivity index (χ2v) is 4.10. The van der Waals surface area contributed by atoms with Gasteiger partial charge in [0.15, 0.2) is 0 Å². The van der Waals surface area contributed by atoms with E-state index in [-0.39, 0.29) is 16.0 Å². The fraction of sp³-hybridized carbons (Fsp3) is 0.111. The summed E-state index contributed by atoms with van der Waals surface area (Å²) >= 11 is 6.66. The summed E-state index contributed by atoms with van der Waals surface area (Å²) < 4.78 is 38.6. The lowest BCUT2D eigenvalue weighted by Gasteiger charge is -1.98. The van der Waals surface area contributed by atoms with Crippen LogP contribution in [0.25, 0.3) is 10.1 Å². The predicted octanol–water partition coefficient (Wildman–Crippen LogP) is 4.63. The second kappa shape index (κ2) is 3.44. The van der Waals surface area contributed by atoms with E-state index in [0.29, 0.717) is 4.70 Å². The van der Waals surface area contributed by atoms with E-state index in [4.69, 9.17) is 11.6 Å². The number of alkyl halides is 2. The summed E-state index contributed by atoms with van der Waals surface area (Å²) in [5.41, 5.74) is -0.265. The van der Waals surface area contributed by atoms with Crippen LogP contribution in [0.3, 0.4) is 0 Å². The van der Waals surface area contributed by atoms with E-state index >= 15 is 0 Å². The third-order valence-corrected chi connectivity index (χ3v) is 3.02. The number of halogens is 4.